The van der Waals surface area contributed by atoms with Gasteiger partial charge in [-0.25, -0.2) is 0 Å². The lowest BCUT2D eigenvalue weighted by Gasteiger charge is -2.15. The molecule has 110 valence electrons. The highest BCUT2D eigenvalue weighted by Gasteiger charge is 2.23. The third kappa shape index (κ3) is 3.14. The molecule has 0 saturated heterocycles. The fraction of sp³-hybridized carbons (Fsp3) is 0.294. The molecule has 1 heterocycles. The van der Waals surface area contributed by atoms with Crippen molar-refractivity contribution in [3.63, 3.8) is 0 Å². The zero-order valence-corrected chi connectivity index (χ0v) is 13.4. The molecule has 2 aromatic carbocycles. The Morgan fingerprint density at radius 3 is 2.86 bits per heavy atom. The van der Waals surface area contributed by atoms with Gasteiger partial charge in [0.2, 0.25) is 0 Å². The maximum Gasteiger partial charge on any atom is 0.161 e. The smallest absolute Gasteiger partial charge is 0.161 e. The van der Waals surface area contributed by atoms with E-state index in [1.165, 1.54) is 10.5 Å². The van der Waals surface area contributed by atoms with Crippen molar-refractivity contribution in [2.75, 3.05) is 19.5 Å². The molecule has 2 aromatic rings. The number of rotatable bonds is 5. The average molecular weight is 321 g/mol. The Hall–Kier alpha value is -1.32. The van der Waals surface area contributed by atoms with Gasteiger partial charge in [0, 0.05) is 22.4 Å². The van der Waals surface area contributed by atoms with E-state index in [-0.39, 0.29) is 0 Å². The molecule has 1 atom stereocenters. The third-order valence-corrected chi connectivity index (χ3v) is 5.18. The predicted octanol–water partition coefficient (Wildman–Crippen LogP) is 4.70. The van der Waals surface area contributed by atoms with Crippen molar-refractivity contribution < 1.29 is 9.47 Å². The first-order valence-electron chi connectivity index (χ1n) is 6.89. The van der Waals surface area contributed by atoms with E-state index < -0.39 is 0 Å². The molecule has 0 radical (unpaired) electrons. The van der Waals surface area contributed by atoms with E-state index in [4.69, 9.17) is 21.1 Å². The summed E-state index contributed by atoms with van der Waals surface area (Å²) >= 11 is 7.74. The van der Waals surface area contributed by atoms with Crippen LogP contribution >= 0.6 is 23.4 Å². The zero-order chi connectivity index (χ0) is 14.7. The van der Waals surface area contributed by atoms with Gasteiger partial charge >= 0.3 is 0 Å². The fourth-order valence-corrected chi connectivity index (χ4v) is 3.87. The molecule has 0 N–H and O–H groups in total. The Labute approximate surface area is 134 Å². The molecule has 2 nitrogen and oxygen atoms in total. The highest BCUT2D eigenvalue weighted by molar-refractivity contribution is 7.99. The minimum Gasteiger partial charge on any atom is -0.493 e. The van der Waals surface area contributed by atoms with Crippen molar-refractivity contribution in [2.45, 2.75) is 16.7 Å². The van der Waals surface area contributed by atoms with Crippen LogP contribution in [0.4, 0.5) is 0 Å². The molecule has 3 rings (SSSR count). The van der Waals surface area contributed by atoms with E-state index in [0.29, 0.717) is 18.4 Å². The first-order valence-corrected chi connectivity index (χ1v) is 8.41. The molecular formula is C17H17ClO2S. The molecule has 0 bridgehead atoms. The lowest BCUT2D eigenvalue weighted by atomic mass is 10.0. The Kier molecular flexibility index (Phi) is 4.61. The van der Waals surface area contributed by atoms with Gasteiger partial charge in [-0.05, 0) is 29.3 Å². The summed E-state index contributed by atoms with van der Waals surface area (Å²) in [6.45, 7) is 0.667. The van der Waals surface area contributed by atoms with Crippen molar-refractivity contribution in [2.24, 2.45) is 0 Å². The van der Waals surface area contributed by atoms with Gasteiger partial charge in [0.1, 0.15) is 0 Å². The number of ether oxygens (including phenoxy) is 2. The van der Waals surface area contributed by atoms with Crippen LogP contribution in [0.2, 0.25) is 0 Å². The summed E-state index contributed by atoms with van der Waals surface area (Å²) in [5.74, 6) is 3.50. The number of methoxy groups -OCH3 is 1. The molecule has 0 amide bonds. The summed E-state index contributed by atoms with van der Waals surface area (Å²) in [6, 6.07) is 14.4. The van der Waals surface area contributed by atoms with E-state index in [1.807, 2.05) is 30.0 Å². The molecule has 21 heavy (non-hydrogen) atoms. The van der Waals surface area contributed by atoms with Crippen LogP contribution in [0, 0.1) is 0 Å². The Morgan fingerprint density at radius 1 is 1.19 bits per heavy atom. The lowest BCUT2D eigenvalue weighted by molar-refractivity contribution is 0.279. The van der Waals surface area contributed by atoms with Gasteiger partial charge in [-0.1, -0.05) is 24.3 Å². The maximum absolute atomic E-state index is 5.99. The number of hydrogen-bond donors (Lipinski definition) is 0. The van der Waals surface area contributed by atoms with Crippen molar-refractivity contribution in [1.29, 1.82) is 0 Å². The van der Waals surface area contributed by atoms with Crippen LogP contribution in [-0.4, -0.2) is 19.5 Å². The van der Waals surface area contributed by atoms with Crippen molar-refractivity contribution in [1.82, 2.24) is 0 Å². The largest absolute Gasteiger partial charge is 0.493 e. The van der Waals surface area contributed by atoms with E-state index in [2.05, 4.69) is 24.3 Å². The second-order valence-corrected chi connectivity index (χ2v) is 6.30. The van der Waals surface area contributed by atoms with Crippen molar-refractivity contribution in [3.05, 3.63) is 53.6 Å². The summed E-state index contributed by atoms with van der Waals surface area (Å²) in [7, 11) is 1.65. The second-order valence-electron chi connectivity index (χ2n) is 4.98. The fourth-order valence-electron chi connectivity index (χ4n) is 2.47. The van der Waals surface area contributed by atoms with Crippen LogP contribution in [0.3, 0.4) is 0 Å². The molecule has 4 heteroatoms. The molecule has 1 aliphatic heterocycles. The Balaban J connectivity index is 1.71. The van der Waals surface area contributed by atoms with E-state index in [9.17, 15) is 0 Å². The SMILES string of the molecule is COc1cc(CCl)ccc1OCC1CSc2ccccc21. The predicted molar refractivity (Wildman–Crippen MR) is 88.0 cm³/mol. The Morgan fingerprint density at radius 2 is 2.05 bits per heavy atom. The summed E-state index contributed by atoms with van der Waals surface area (Å²) in [6.07, 6.45) is 0. The molecule has 0 spiro atoms. The lowest BCUT2D eigenvalue weighted by Crippen LogP contribution is -2.10. The standard InChI is InChI=1S/C17H17ClO2S/c1-19-16-8-12(9-18)6-7-15(16)20-10-13-11-21-17-5-3-2-4-14(13)17/h2-8,13H,9-11H2,1H3. The molecule has 0 aliphatic carbocycles. The first kappa shape index (κ1) is 14.6. The van der Waals surface area contributed by atoms with Crippen LogP contribution < -0.4 is 9.47 Å². The minimum atomic E-state index is 0.434. The number of fused-ring (bicyclic) bond motifs is 1. The Bertz CT molecular complexity index is 630. The zero-order valence-electron chi connectivity index (χ0n) is 11.8. The van der Waals surface area contributed by atoms with Gasteiger partial charge in [0.25, 0.3) is 0 Å². The van der Waals surface area contributed by atoms with Crippen LogP contribution in [-0.2, 0) is 5.88 Å². The third-order valence-electron chi connectivity index (χ3n) is 3.62. The first-order chi connectivity index (χ1) is 10.3. The van der Waals surface area contributed by atoms with Crippen LogP contribution in [0.25, 0.3) is 0 Å². The van der Waals surface area contributed by atoms with Gasteiger partial charge in [0.05, 0.1) is 13.7 Å². The van der Waals surface area contributed by atoms with Crippen molar-refractivity contribution >= 4 is 23.4 Å². The minimum absolute atomic E-state index is 0.434. The number of benzene rings is 2. The molecule has 0 fully saturated rings. The summed E-state index contributed by atoms with van der Waals surface area (Å²) < 4.78 is 11.4. The highest BCUT2D eigenvalue weighted by Crippen LogP contribution is 2.40. The molecule has 1 aliphatic rings. The number of hydrogen-bond acceptors (Lipinski definition) is 3. The summed E-state index contributed by atoms with van der Waals surface area (Å²) in [5, 5.41) is 0. The molecular weight excluding hydrogens is 304 g/mol. The van der Waals surface area contributed by atoms with E-state index in [1.54, 1.807) is 7.11 Å². The van der Waals surface area contributed by atoms with Gasteiger partial charge in [0.15, 0.2) is 11.5 Å². The van der Waals surface area contributed by atoms with E-state index >= 15 is 0 Å². The van der Waals surface area contributed by atoms with E-state index in [0.717, 1.165) is 22.8 Å². The summed E-state index contributed by atoms with van der Waals surface area (Å²) in [5.41, 5.74) is 2.42. The van der Waals surface area contributed by atoms with Crippen LogP contribution in [0.15, 0.2) is 47.4 Å². The number of halogens is 1. The monoisotopic (exact) mass is 320 g/mol. The van der Waals surface area contributed by atoms with Gasteiger partial charge in [-0.15, -0.1) is 23.4 Å². The normalized spacial score (nSPS) is 16.6. The van der Waals surface area contributed by atoms with Gasteiger partial charge in [-0.2, -0.15) is 0 Å². The molecule has 0 aromatic heterocycles. The van der Waals surface area contributed by atoms with Crippen molar-refractivity contribution in [3.8, 4) is 11.5 Å². The molecule has 1 unspecified atom stereocenters. The van der Waals surface area contributed by atoms with Gasteiger partial charge < -0.3 is 9.47 Å². The summed E-state index contributed by atoms with van der Waals surface area (Å²) in [4.78, 5) is 1.37. The maximum atomic E-state index is 5.99. The quantitative estimate of drug-likeness (QED) is 0.744. The number of alkyl halides is 1. The number of thioether (sulfide) groups is 1. The average Bonchev–Trinajstić information content (AvgIpc) is 2.96. The highest BCUT2D eigenvalue weighted by atomic mass is 35.5. The van der Waals surface area contributed by atoms with Crippen LogP contribution in [0.5, 0.6) is 11.5 Å². The topological polar surface area (TPSA) is 18.5 Å². The van der Waals surface area contributed by atoms with Gasteiger partial charge in [-0.3, -0.25) is 0 Å². The molecule has 0 saturated carbocycles. The second kappa shape index (κ2) is 6.63. The van der Waals surface area contributed by atoms with Crippen LogP contribution in [0.1, 0.15) is 17.0 Å².